The van der Waals surface area contributed by atoms with Gasteiger partial charge in [0.2, 0.25) is 0 Å². The second-order valence-corrected chi connectivity index (χ2v) is 5.28. The fourth-order valence-corrected chi connectivity index (χ4v) is 2.50. The molecule has 0 saturated heterocycles. The summed E-state index contributed by atoms with van der Waals surface area (Å²) in [6.45, 7) is 0. The maximum Gasteiger partial charge on any atom is 0.186 e. The molecule has 90 valence electrons. The van der Waals surface area contributed by atoms with Gasteiger partial charge in [-0.25, -0.2) is 0 Å². The first-order chi connectivity index (χ1) is 8.65. The fourth-order valence-electron chi connectivity index (χ4n) is 1.61. The number of aromatic nitrogens is 4. The molecule has 0 spiro atoms. The Morgan fingerprint density at radius 1 is 1.06 bits per heavy atom. The Kier molecular flexibility index (Phi) is 2.97. The molecule has 0 N–H and O–H groups in total. The van der Waals surface area contributed by atoms with Crippen molar-refractivity contribution in [2.75, 3.05) is 0 Å². The van der Waals surface area contributed by atoms with Crippen LogP contribution in [0.3, 0.4) is 0 Å². The molecule has 0 amide bonds. The Morgan fingerprint density at radius 3 is 2.67 bits per heavy atom. The summed E-state index contributed by atoms with van der Waals surface area (Å²) in [4.78, 5) is 0. The van der Waals surface area contributed by atoms with Gasteiger partial charge in [0.25, 0.3) is 0 Å². The lowest BCUT2D eigenvalue weighted by Crippen LogP contribution is -1.95. The summed E-state index contributed by atoms with van der Waals surface area (Å²) in [7, 11) is 0. The zero-order valence-corrected chi connectivity index (χ0v) is 11.9. The highest BCUT2D eigenvalue weighted by atomic mass is 79.9. The number of nitrogens with zero attached hydrogens (tertiary/aromatic N) is 4. The highest BCUT2D eigenvalue weighted by molar-refractivity contribution is 9.10. The zero-order chi connectivity index (χ0) is 12.7. The van der Waals surface area contributed by atoms with Crippen LogP contribution >= 0.6 is 39.1 Å². The topological polar surface area (TPSA) is 43.1 Å². The molecule has 2 aromatic heterocycles. The van der Waals surface area contributed by atoms with Crippen LogP contribution in [0.2, 0.25) is 10.2 Å². The average molecular weight is 344 g/mol. The van der Waals surface area contributed by atoms with Crippen molar-refractivity contribution in [1.82, 2.24) is 19.8 Å². The third-order valence-corrected chi connectivity index (χ3v) is 3.41. The van der Waals surface area contributed by atoms with Gasteiger partial charge in [-0.1, -0.05) is 39.1 Å². The normalized spacial score (nSPS) is 11.1. The predicted octanol–water partition coefficient (Wildman–Crippen LogP) is 3.86. The summed E-state index contributed by atoms with van der Waals surface area (Å²) in [5.74, 6) is 0.560. The Bertz CT molecular complexity index is 741. The minimum absolute atomic E-state index is 0.372. The number of fused-ring (bicyclic) bond motifs is 1. The lowest BCUT2D eigenvalue weighted by Gasteiger charge is -2.02. The van der Waals surface area contributed by atoms with Gasteiger partial charge >= 0.3 is 0 Å². The summed E-state index contributed by atoms with van der Waals surface area (Å²) in [6.07, 6.45) is 0. The Labute approximate surface area is 121 Å². The van der Waals surface area contributed by atoms with E-state index in [4.69, 9.17) is 23.2 Å². The SMILES string of the molecule is Clc1ccc2nnc(-c3ccc(Br)cc3Cl)n2n1. The third-order valence-electron chi connectivity index (χ3n) is 2.40. The van der Waals surface area contributed by atoms with Crippen molar-refractivity contribution in [3.8, 4) is 11.4 Å². The quantitative estimate of drug-likeness (QED) is 0.673. The molecule has 1 aromatic carbocycles. The molecule has 0 aliphatic heterocycles. The van der Waals surface area contributed by atoms with Crippen LogP contribution in [0.5, 0.6) is 0 Å². The molecule has 4 nitrogen and oxygen atoms in total. The molecule has 3 aromatic rings. The van der Waals surface area contributed by atoms with E-state index in [0.29, 0.717) is 21.6 Å². The smallest absolute Gasteiger partial charge is 0.186 e. The molecule has 0 aliphatic rings. The Hall–Kier alpha value is -1.17. The number of hydrogen-bond acceptors (Lipinski definition) is 3. The number of rotatable bonds is 1. The van der Waals surface area contributed by atoms with E-state index in [1.54, 1.807) is 22.7 Å². The Balaban J connectivity index is 2.28. The largest absolute Gasteiger partial charge is 0.191 e. The molecule has 0 atom stereocenters. The molecule has 3 rings (SSSR count). The third kappa shape index (κ3) is 1.98. The predicted molar refractivity (Wildman–Crippen MR) is 73.9 cm³/mol. The molecule has 0 bridgehead atoms. The van der Waals surface area contributed by atoms with Gasteiger partial charge in [0.1, 0.15) is 5.15 Å². The first-order valence-electron chi connectivity index (χ1n) is 4.98. The van der Waals surface area contributed by atoms with Crippen molar-refractivity contribution in [3.63, 3.8) is 0 Å². The van der Waals surface area contributed by atoms with E-state index in [1.807, 2.05) is 12.1 Å². The molecule has 0 saturated carbocycles. The van der Waals surface area contributed by atoms with Gasteiger partial charge in [0.15, 0.2) is 11.5 Å². The highest BCUT2D eigenvalue weighted by Crippen LogP contribution is 2.29. The molecule has 0 aliphatic carbocycles. The summed E-state index contributed by atoms with van der Waals surface area (Å²) < 4.78 is 2.47. The summed E-state index contributed by atoms with van der Waals surface area (Å²) in [5.41, 5.74) is 1.37. The lowest BCUT2D eigenvalue weighted by atomic mass is 10.2. The molecule has 2 heterocycles. The highest BCUT2D eigenvalue weighted by Gasteiger charge is 2.12. The van der Waals surface area contributed by atoms with Crippen LogP contribution in [0.4, 0.5) is 0 Å². The maximum atomic E-state index is 6.19. The van der Waals surface area contributed by atoms with E-state index in [0.717, 1.165) is 10.0 Å². The van der Waals surface area contributed by atoms with Gasteiger partial charge in [-0.05, 0) is 30.3 Å². The van der Waals surface area contributed by atoms with Gasteiger partial charge in [-0.15, -0.1) is 10.2 Å². The van der Waals surface area contributed by atoms with Crippen LogP contribution in [-0.4, -0.2) is 19.8 Å². The number of halogens is 3. The fraction of sp³-hybridized carbons (Fsp3) is 0. The first-order valence-corrected chi connectivity index (χ1v) is 6.53. The summed E-state index contributed by atoms with van der Waals surface area (Å²) in [6, 6.07) is 8.94. The van der Waals surface area contributed by atoms with Crippen LogP contribution in [0.1, 0.15) is 0 Å². The molecule has 18 heavy (non-hydrogen) atoms. The molecular formula is C11H5BrCl2N4. The maximum absolute atomic E-state index is 6.19. The van der Waals surface area contributed by atoms with Crippen LogP contribution in [0, 0.1) is 0 Å². The van der Waals surface area contributed by atoms with E-state index in [9.17, 15) is 0 Å². The van der Waals surface area contributed by atoms with Gasteiger partial charge in [0.05, 0.1) is 5.02 Å². The molecular weight excluding hydrogens is 339 g/mol. The van der Waals surface area contributed by atoms with Crippen molar-refractivity contribution >= 4 is 44.8 Å². The monoisotopic (exact) mass is 342 g/mol. The van der Waals surface area contributed by atoms with E-state index in [1.165, 1.54) is 0 Å². The van der Waals surface area contributed by atoms with Crippen molar-refractivity contribution < 1.29 is 0 Å². The molecule has 0 fully saturated rings. The van der Waals surface area contributed by atoms with Crippen molar-refractivity contribution in [2.45, 2.75) is 0 Å². The molecule has 7 heteroatoms. The Morgan fingerprint density at radius 2 is 1.89 bits per heavy atom. The van der Waals surface area contributed by atoms with Crippen LogP contribution in [-0.2, 0) is 0 Å². The van der Waals surface area contributed by atoms with E-state index >= 15 is 0 Å². The minimum atomic E-state index is 0.372. The van der Waals surface area contributed by atoms with Crippen molar-refractivity contribution in [2.24, 2.45) is 0 Å². The van der Waals surface area contributed by atoms with Gasteiger partial charge in [-0.2, -0.15) is 9.61 Å². The molecule has 0 radical (unpaired) electrons. The van der Waals surface area contributed by atoms with Crippen LogP contribution in [0.25, 0.3) is 17.0 Å². The van der Waals surface area contributed by atoms with Crippen molar-refractivity contribution in [1.29, 1.82) is 0 Å². The second kappa shape index (κ2) is 4.50. The zero-order valence-electron chi connectivity index (χ0n) is 8.81. The summed E-state index contributed by atoms with van der Waals surface area (Å²) in [5, 5.41) is 13.2. The van der Waals surface area contributed by atoms with E-state index in [-0.39, 0.29) is 0 Å². The second-order valence-electron chi connectivity index (χ2n) is 3.57. The van der Waals surface area contributed by atoms with Gasteiger partial charge < -0.3 is 0 Å². The van der Waals surface area contributed by atoms with Crippen LogP contribution < -0.4 is 0 Å². The summed E-state index contributed by atoms with van der Waals surface area (Å²) >= 11 is 15.4. The average Bonchev–Trinajstić information content (AvgIpc) is 2.72. The van der Waals surface area contributed by atoms with E-state index < -0.39 is 0 Å². The number of hydrogen-bond donors (Lipinski definition) is 0. The standard InChI is InChI=1S/C11H5BrCl2N4/c12-6-1-2-7(8(13)5-6)11-16-15-10-4-3-9(14)17-18(10)11/h1-5H. The van der Waals surface area contributed by atoms with Crippen molar-refractivity contribution in [3.05, 3.63) is 45.0 Å². The van der Waals surface area contributed by atoms with Gasteiger partial charge in [0, 0.05) is 10.0 Å². The first kappa shape index (κ1) is 11.9. The minimum Gasteiger partial charge on any atom is -0.191 e. The lowest BCUT2D eigenvalue weighted by molar-refractivity contribution is 0.936. The van der Waals surface area contributed by atoms with Crippen LogP contribution in [0.15, 0.2) is 34.8 Å². The molecule has 0 unspecified atom stereocenters. The van der Waals surface area contributed by atoms with E-state index in [2.05, 4.69) is 31.2 Å². The number of benzene rings is 1. The van der Waals surface area contributed by atoms with Gasteiger partial charge in [-0.3, -0.25) is 0 Å².